The third kappa shape index (κ3) is 2.56. The van der Waals surface area contributed by atoms with E-state index in [1.165, 1.54) is 0 Å². The van der Waals surface area contributed by atoms with Gasteiger partial charge in [0, 0.05) is 19.3 Å². The van der Waals surface area contributed by atoms with E-state index in [0.29, 0.717) is 19.7 Å². The molecule has 2 fully saturated rings. The zero-order valence-electron chi connectivity index (χ0n) is 12.2. The molecule has 21 heavy (non-hydrogen) atoms. The fraction of sp³-hybridized carbons (Fsp3) is 0.769. The second kappa shape index (κ2) is 5.58. The summed E-state index contributed by atoms with van der Waals surface area (Å²) >= 11 is 0. The van der Waals surface area contributed by atoms with Gasteiger partial charge in [0.2, 0.25) is 10.0 Å². The van der Waals surface area contributed by atoms with Crippen LogP contribution in [0.25, 0.3) is 0 Å². The lowest BCUT2D eigenvalue weighted by Crippen LogP contribution is -2.51. The van der Waals surface area contributed by atoms with Crippen LogP contribution in [-0.4, -0.2) is 47.8 Å². The van der Waals surface area contributed by atoms with Crippen molar-refractivity contribution in [2.75, 3.05) is 18.9 Å². The van der Waals surface area contributed by atoms with Crippen LogP contribution in [0.1, 0.15) is 32.6 Å². The minimum Gasteiger partial charge on any atom is -0.381 e. The highest BCUT2D eigenvalue weighted by atomic mass is 32.2. The van der Waals surface area contributed by atoms with E-state index in [0.717, 1.165) is 25.7 Å². The summed E-state index contributed by atoms with van der Waals surface area (Å²) in [6.45, 7) is 3.51. The van der Waals surface area contributed by atoms with E-state index in [1.807, 2.05) is 6.92 Å². The maximum Gasteiger partial charge on any atom is 0.248 e. The van der Waals surface area contributed by atoms with Crippen molar-refractivity contribution in [3.8, 4) is 0 Å². The largest absolute Gasteiger partial charge is 0.381 e. The summed E-state index contributed by atoms with van der Waals surface area (Å²) in [7, 11) is -3.60. The van der Waals surface area contributed by atoms with Gasteiger partial charge in [-0.2, -0.15) is 9.40 Å². The number of ether oxygens (including phenoxy) is 1. The number of hydrogen-bond donors (Lipinski definition) is 1. The third-order valence-electron chi connectivity index (χ3n) is 4.23. The number of hydrogen-bond acceptors (Lipinski definition) is 5. The van der Waals surface area contributed by atoms with Crippen LogP contribution in [0.4, 0.5) is 5.82 Å². The lowest BCUT2D eigenvalue weighted by molar-refractivity contribution is -0.0241. The first-order valence-electron chi connectivity index (χ1n) is 7.50. The third-order valence-corrected chi connectivity index (χ3v) is 6.17. The Kier molecular flexibility index (Phi) is 3.94. The number of morpholine rings is 1. The molecule has 0 amide bonds. The van der Waals surface area contributed by atoms with Crippen LogP contribution >= 0.6 is 0 Å². The average molecular weight is 314 g/mol. The molecule has 1 aromatic rings. The van der Waals surface area contributed by atoms with Crippen molar-refractivity contribution >= 4 is 15.8 Å². The van der Waals surface area contributed by atoms with Crippen molar-refractivity contribution in [1.82, 2.24) is 14.1 Å². The molecule has 2 unspecified atom stereocenters. The van der Waals surface area contributed by atoms with Crippen LogP contribution in [0.5, 0.6) is 0 Å². The van der Waals surface area contributed by atoms with Gasteiger partial charge in [-0.3, -0.25) is 4.68 Å². The van der Waals surface area contributed by atoms with E-state index in [-0.39, 0.29) is 22.9 Å². The molecule has 1 saturated heterocycles. The van der Waals surface area contributed by atoms with E-state index in [1.54, 1.807) is 15.2 Å². The quantitative estimate of drug-likeness (QED) is 0.888. The Bertz CT molecular complexity index is 613. The summed E-state index contributed by atoms with van der Waals surface area (Å²) < 4.78 is 34.7. The van der Waals surface area contributed by atoms with Crippen LogP contribution in [0.2, 0.25) is 0 Å². The zero-order chi connectivity index (χ0) is 15.0. The number of fused-ring (bicyclic) bond motifs is 1. The second-order valence-electron chi connectivity index (χ2n) is 5.66. The normalized spacial score (nSPS) is 26.9. The molecule has 1 aliphatic heterocycles. The van der Waals surface area contributed by atoms with E-state index >= 15 is 0 Å². The van der Waals surface area contributed by atoms with Crippen molar-refractivity contribution < 1.29 is 13.2 Å². The summed E-state index contributed by atoms with van der Waals surface area (Å²) in [4.78, 5) is 0.128. The molecule has 2 aliphatic rings. The maximum absolute atomic E-state index is 12.9. The molecule has 2 N–H and O–H groups in total. The number of nitrogens with two attached hydrogens (primary N) is 1. The van der Waals surface area contributed by atoms with Crippen molar-refractivity contribution in [3.63, 3.8) is 0 Å². The highest BCUT2D eigenvalue weighted by molar-refractivity contribution is 7.89. The molecule has 0 radical (unpaired) electrons. The molecule has 1 saturated carbocycles. The number of rotatable bonds is 4. The Morgan fingerprint density at radius 3 is 3.05 bits per heavy atom. The fourth-order valence-electron chi connectivity index (χ4n) is 3.28. The van der Waals surface area contributed by atoms with Gasteiger partial charge in [0.05, 0.1) is 18.8 Å². The molecule has 1 aliphatic carbocycles. The van der Waals surface area contributed by atoms with Gasteiger partial charge in [-0.1, -0.05) is 6.92 Å². The van der Waals surface area contributed by atoms with Crippen molar-refractivity contribution in [2.45, 2.75) is 56.2 Å². The van der Waals surface area contributed by atoms with Crippen LogP contribution in [-0.2, 0) is 21.3 Å². The molecule has 0 bridgehead atoms. The van der Waals surface area contributed by atoms with E-state index in [9.17, 15) is 8.42 Å². The molecular weight excluding hydrogens is 292 g/mol. The number of aromatic nitrogens is 2. The van der Waals surface area contributed by atoms with Gasteiger partial charge in [-0.05, 0) is 25.7 Å². The molecule has 8 heteroatoms. The van der Waals surface area contributed by atoms with Gasteiger partial charge in [-0.25, -0.2) is 8.42 Å². The van der Waals surface area contributed by atoms with Crippen molar-refractivity contribution in [2.24, 2.45) is 0 Å². The van der Waals surface area contributed by atoms with Crippen molar-refractivity contribution in [1.29, 1.82) is 0 Å². The van der Waals surface area contributed by atoms with Gasteiger partial charge in [-0.15, -0.1) is 0 Å². The van der Waals surface area contributed by atoms with Gasteiger partial charge in [0.25, 0.3) is 0 Å². The smallest absolute Gasteiger partial charge is 0.248 e. The van der Waals surface area contributed by atoms with Crippen LogP contribution in [0, 0.1) is 0 Å². The molecule has 3 rings (SSSR count). The lowest BCUT2D eigenvalue weighted by atomic mass is 10.2. The molecular formula is C13H22N4O3S. The van der Waals surface area contributed by atoms with Gasteiger partial charge >= 0.3 is 0 Å². The monoisotopic (exact) mass is 314 g/mol. The number of aryl methyl sites for hydroxylation is 1. The number of sulfonamides is 1. The summed E-state index contributed by atoms with van der Waals surface area (Å²) in [5, 5.41) is 4.10. The molecule has 7 nitrogen and oxygen atoms in total. The van der Waals surface area contributed by atoms with Gasteiger partial charge in [0.15, 0.2) is 5.82 Å². The Morgan fingerprint density at radius 1 is 1.48 bits per heavy atom. The van der Waals surface area contributed by atoms with Crippen LogP contribution < -0.4 is 5.73 Å². The SMILES string of the molecule is CCCn1cc(S(=O)(=O)N2CCOC3CCCC32)c(N)n1. The highest BCUT2D eigenvalue weighted by Gasteiger charge is 2.43. The lowest BCUT2D eigenvalue weighted by Gasteiger charge is -2.36. The Hall–Kier alpha value is -1.12. The zero-order valence-corrected chi connectivity index (χ0v) is 13.1. The fourth-order valence-corrected chi connectivity index (χ4v) is 5.00. The number of nitrogen functional groups attached to an aromatic ring is 1. The van der Waals surface area contributed by atoms with Gasteiger partial charge in [0.1, 0.15) is 4.90 Å². The molecule has 118 valence electrons. The second-order valence-corrected chi connectivity index (χ2v) is 7.52. The molecule has 0 spiro atoms. The number of nitrogens with zero attached hydrogens (tertiary/aromatic N) is 3. The molecule has 2 heterocycles. The first-order valence-corrected chi connectivity index (χ1v) is 8.94. The summed E-state index contributed by atoms with van der Waals surface area (Å²) in [6.07, 6.45) is 5.25. The summed E-state index contributed by atoms with van der Waals surface area (Å²) in [6, 6.07) is -0.0577. The molecule has 0 aromatic carbocycles. The summed E-state index contributed by atoms with van der Waals surface area (Å²) in [5.74, 6) is 0.0875. The topological polar surface area (TPSA) is 90.5 Å². The Labute approximate surface area is 125 Å². The molecule has 1 aromatic heterocycles. The Morgan fingerprint density at radius 2 is 2.29 bits per heavy atom. The minimum absolute atomic E-state index is 0.0282. The number of anilines is 1. The predicted molar refractivity (Wildman–Crippen MR) is 78.2 cm³/mol. The molecule has 2 atom stereocenters. The van der Waals surface area contributed by atoms with Crippen LogP contribution in [0.15, 0.2) is 11.1 Å². The van der Waals surface area contributed by atoms with E-state index < -0.39 is 10.0 Å². The summed E-state index contributed by atoms with van der Waals surface area (Å²) in [5.41, 5.74) is 5.83. The first-order chi connectivity index (χ1) is 10.0. The minimum atomic E-state index is -3.60. The standard InChI is InChI=1S/C13H22N4O3S/c1-2-6-16-9-12(13(14)15-16)21(18,19)17-7-8-20-11-5-3-4-10(11)17/h9-11H,2-8H2,1H3,(H2,14,15). The van der Waals surface area contributed by atoms with Crippen LogP contribution in [0.3, 0.4) is 0 Å². The van der Waals surface area contributed by atoms with E-state index in [2.05, 4.69) is 5.10 Å². The van der Waals surface area contributed by atoms with E-state index in [4.69, 9.17) is 10.5 Å². The maximum atomic E-state index is 12.9. The first kappa shape index (κ1) is 14.8. The predicted octanol–water partition coefficient (Wildman–Crippen LogP) is 0.817. The highest BCUT2D eigenvalue weighted by Crippen LogP contribution is 2.34. The van der Waals surface area contributed by atoms with Crippen molar-refractivity contribution in [3.05, 3.63) is 6.20 Å². The average Bonchev–Trinajstić information content (AvgIpc) is 3.05. The Balaban J connectivity index is 1.92. The van der Waals surface area contributed by atoms with Gasteiger partial charge < -0.3 is 10.5 Å².